The van der Waals surface area contributed by atoms with Gasteiger partial charge < -0.3 is 15.0 Å². The number of morpholine rings is 1. The molecule has 1 N–H and O–H groups in total. The van der Waals surface area contributed by atoms with Crippen LogP contribution in [0.2, 0.25) is 0 Å². The molecular weight excluding hydrogens is 236 g/mol. The lowest BCUT2D eigenvalue weighted by molar-refractivity contribution is 0.122. The van der Waals surface area contributed by atoms with Crippen molar-refractivity contribution in [3.05, 3.63) is 24.3 Å². The molecule has 0 saturated carbocycles. The van der Waals surface area contributed by atoms with Crippen LogP contribution in [0.5, 0.6) is 0 Å². The van der Waals surface area contributed by atoms with E-state index >= 15 is 0 Å². The summed E-state index contributed by atoms with van der Waals surface area (Å²) in [6.45, 7) is 10.4. The third kappa shape index (κ3) is 3.87. The second kappa shape index (κ2) is 6.80. The van der Waals surface area contributed by atoms with E-state index in [9.17, 15) is 0 Å². The van der Waals surface area contributed by atoms with Crippen LogP contribution < -0.4 is 10.2 Å². The molecule has 1 aromatic carbocycles. The summed E-state index contributed by atoms with van der Waals surface area (Å²) < 4.78 is 5.38. The van der Waals surface area contributed by atoms with Crippen molar-refractivity contribution in [2.75, 3.05) is 36.5 Å². The molecule has 1 aliphatic rings. The van der Waals surface area contributed by atoms with E-state index in [1.807, 2.05) is 0 Å². The topological polar surface area (TPSA) is 24.5 Å². The summed E-state index contributed by atoms with van der Waals surface area (Å²) >= 11 is 0. The smallest absolute Gasteiger partial charge is 0.0642 e. The number of nitrogens with zero attached hydrogens (tertiary/aromatic N) is 1. The van der Waals surface area contributed by atoms with Gasteiger partial charge in [-0.2, -0.15) is 0 Å². The Bertz CT molecular complexity index is 369. The molecule has 2 rings (SSSR count). The van der Waals surface area contributed by atoms with Crippen molar-refractivity contribution in [3.8, 4) is 0 Å². The third-order valence-electron chi connectivity index (χ3n) is 3.84. The molecule has 0 bridgehead atoms. The zero-order valence-electron chi connectivity index (χ0n) is 12.4. The van der Waals surface area contributed by atoms with Gasteiger partial charge in [0.2, 0.25) is 0 Å². The number of hydrogen-bond acceptors (Lipinski definition) is 3. The van der Waals surface area contributed by atoms with Crippen LogP contribution in [-0.4, -0.2) is 32.3 Å². The van der Waals surface area contributed by atoms with Crippen molar-refractivity contribution in [2.24, 2.45) is 5.92 Å². The average Bonchev–Trinajstić information content (AvgIpc) is 2.46. The highest BCUT2D eigenvalue weighted by Gasteiger charge is 2.12. The van der Waals surface area contributed by atoms with Gasteiger partial charge in [-0.25, -0.2) is 0 Å². The quantitative estimate of drug-likeness (QED) is 0.880. The molecule has 0 aliphatic carbocycles. The van der Waals surface area contributed by atoms with Crippen molar-refractivity contribution in [1.82, 2.24) is 0 Å². The van der Waals surface area contributed by atoms with Crippen LogP contribution in [0.4, 0.5) is 11.4 Å². The first-order chi connectivity index (χ1) is 9.20. The third-order valence-corrected chi connectivity index (χ3v) is 3.84. The number of hydrogen-bond donors (Lipinski definition) is 1. The summed E-state index contributed by atoms with van der Waals surface area (Å²) in [6.07, 6.45) is 1.16. The molecule has 19 heavy (non-hydrogen) atoms. The zero-order chi connectivity index (χ0) is 13.7. The van der Waals surface area contributed by atoms with E-state index in [1.165, 1.54) is 11.4 Å². The normalized spacial score (nSPS) is 17.6. The van der Waals surface area contributed by atoms with E-state index < -0.39 is 0 Å². The van der Waals surface area contributed by atoms with Gasteiger partial charge in [-0.05, 0) is 36.6 Å². The Morgan fingerprint density at radius 1 is 1.16 bits per heavy atom. The van der Waals surface area contributed by atoms with Gasteiger partial charge >= 0.3 is 0 Å². The lowest BCUT2D eigenvalue weighted by atomic mass is 10.0. The minimum Gasteiger partial charge on any atom is -0.382 e. The Morgan fingerprint density at radius 2 is 1.79 bits per heavy atom. The molecule has 1 fully saturated rings. The molecule has 1 atom stereocenters. The number of nitrogens with one attached hydrogen (secondary N) is 1. The molecule has 1 heterocycles. The van der Waals surface area contributed by atoms with Crippen LogP contribution in [0, 0.1) is 5.92 Å². The summed E-state index contributed by atoms with van der Waals surface area (Å²) in [4.78, 5) is 2.38. The van der Waals surface area contributed by atoms with E-state index in [2.05, 4.69) is 55.3 Å². The van der Waals surface area contributed by atoms with Crippen LogP contribution in [0.25, 0.3) is 0 Å². The molecule has 0 spiro atoms. The largest absolute Gasteiger partial charge is 0.382 e. The van der Waals surface area contributed by atoms with Crippen molar-refractivity contribution in [3.63, 3.8) is 0 Å². The van der Waals surface area contributed by atoms with E-state index in [4.69, 9.17) is 4.74 Å². The molecule has 106 valence electrons. The lowest BCUT2D eigenvalue weighted by Gasteiger charge is -2.29. The summed E-state index contributed by atoms with van der Waals surface area (Å²) in [5, 5.41) is 3.62. The first-order valence-corrected chi connectivity index (χ1v) is 7.40. The van der Waals surface area contributed by atoms with Crippen LogP contribution >= 0.6 is 0 Å². The fraction of sp³-hybridized carbons (Fsp3) is 0.625. The van der Waals surface area contributed by atoms with Gasteiger partial charge in [0.25, 0.3) is 0 Å². The first-order valence-electron chi connectivity index (χ1n) is 7.40. The summed E-state index contributed by atoms with van der Waals surface area (Å²) in [6, 6.07) is 9.35. The number of benzene rings is 1. The Labute approximate surface area is 116 Å². The standard InChI is InChI=1S/C16H26N2O/c1-4-16(13(2)3)17-14-5-7-15(8-6-14)18-9-11-19-12-10-18/h5-8,13,16-17H,4,9-12H2,1-3H3. The highest BCUT2D eigenvalue weighted by Crippen LogP contribution is 2.21. The molecule has 1 aromatic rings. The SMILES string of the molecule is CCC(Nc1ccc(N2CCOCC2)cc1)C(C)C. The van der Waals surface area contributed by atoms with Gasteiger partial charge in [0.05, 0.1) is 13.2 Å². The van der Waals surface area contributed by atoms with Gasteiger partial charge in [0, 0.05) is 30.5 Å². The Morgan fingerprint density at radius 3 is 2.32 bits per heavy atom. The van der Waals surface area contributed by atoms with Crippen molar-refractivity contribution in [1.29, 1.82) is 0 Å². The predicted molar refractivity (Wildman–Crippen MR) is 82.0 cm³/mol. The van der Waals surface area contributed by atoms with Crippen LogP contribution in [0.15, 0.2) is 24.3 Å². The number of anilines is 2. The van der Waals surface area contributed by atoms with E-state index in [1.54, 1.807) is 0 Å². The first kappa shape index (κ1) is 14.2. The number of rotatable bonds is 5. The second-order valence-corrected chi connectivity index (χ2v) is 5.55. The van der Waals surface area contributed by atoms with E-state index in [-0.39, 0.29) is 0 Å². The Hall–Kier alpha value is -1.22. The van der Waals surface area contributed by atoms with E-state index in [0.29, 0.717) is 12.0 Å². The lowest BCUT2D eigenvalue weighted by Crippen LogP contribution is -2.36. The summed E-state index contributed by atoms with van der Waals surface area (Å²) in [5.41, 5.74) is 2.52. The molecule has 1 unspecified atom stereocenters. The van der Waals surface area contributed by atoms with Gasteiger partial charge in [0.1, 0.15) is 0 Å². The van der Waals surface area contributed by atoms with Gasteiger partial charge in [-0.1, -0.05) is 20.8 Å². The summed E-state index contributed by atoms with van der Waals surface area (Å²) in [5.74, 6) is 0.656. The monoisotopic (exact) mass is 262 g/mol. The fourth-order valence-corrected chi connectivity index (χ4v) is 2.54. The zero-order valence-corrected chi connectivity index (χ0v) is 12.4. The predicted octanol–water partition coefficient (Wildman–Crippen LogP) is 3.37. The number of ether oxygens (including phenoxy) is 1. The maximum atomic E-state index is 5.38. The molecule has 1 aliphatic heterocycles. The molecule has 0 aromatic heterocycles. The maximum Gasteiger partial charge on any atom is 0.0642 e. The van der Waals surface area contributed by atoms with Crippen molar-refractivity contribution in [2.45, 2.75) is 33.2 Å². The van der Waals surface area contributed by atoms with Crippen LogP contribution in [-0.2, 0) is 4.74 Å². The van der Waals surface area contributed by atoms with Crippen molar-refractivity contribution >= 4 is 11.4 Å². The summed E-state index contributed by atoms with van der Waals surface area (Å²) in [7, 11) is 0. The maximum absolute atomic E-state index is 5.38. The molecule has 0 radical (unpaired) electrons. The van der Waals surface area contributed by atoms with Crippen molar-refractivity contribution < 1.29 is 4.74 Å². The average molecular weight is 262 g/mol. The van der Waals surface area contributed by atoms with E-state index in [0.717, 1.165) is 32.7 Å². The minimum atomic E-state index is 0.550. The Kier molecular flexibility index (Phi) is 5.08. The molecule has 3 nitrogen and oxygen atoms in total. The Balaban J connectivity index is 1.97. The van der Waals surface area contributed by atoms with Crippen LogP contribution in [0.3, 0.4) is 0 Å². The van der Waals surface area contributed by atoms with Gasteiger partial charge in [-0.15, -0.1) is 0 Å². The van der Waals surface area contributed by atoms with Crippen LogP contribution in [0.1, 0.15) is 27.2 Å². The highest BCUT2D eigenvalue weighted by molar-refractivity contribution is 5.55. The highest BCUT2D eigenvalue weighted by atomic mass is 16.5. The second-order valence-electron chi connectivity index (χ2n) is 5.55. The molecular formula is C16H26N2O. The molecule has 0 amide bonds. The van der Waals surface area contributed by atoms with Gasteiger partial charge in [0.15, 0.2) is 0 Å². The molecule has 1 saturated heterocycles. The minimum absolute atomic E-state index is 0.550. The fourth-order valence-electron chi connectivity index (χ4n) is 2.54. The molecule has 3 heteroatoms. The van der Waals surface area contributed by atoms with Gasteiger partial charge in [-0.3, -0.25) is 0 Å².